The number of allylic oxidation sites excluding steroid dienone is 1. The zero-order valence-corrected chi connectivity index (χ0v) is 19.2. The number of likely N-dealkylation sites (tertiary alicyclic amines) is 1. The molecule has 1 saturated heterocycles. The molecule has 0 saturated carbocycles. The highest BCUT2D eigenvalue weighted by atomic mass is 19.1. The number of hydrogen-bond acceptors (Lipinski definition) is 3. The molecular weight excluding hydrogens is 451 g/mol. The van der Waals surface area contributed by atoms with Gasteiger partial charge in [-0.15, -0.1) is 0 Å². The Morgan fingerprint density at radius 3 is 2.40 bits per heavy atom. The Morgan fingerprint density at radius 1 is 1.00 bits per heavy atom. The Labute approximate surface area is 202 Å². The van der Waals surface area contributed by atoms with Crippen molar-refractivity contribution in [2.75, 3.05) is 26.3 Å². The molecule has 1 atom stereocenters. The number of aromatic hydroxyl groups is 1. The Balaban J connectivity index is 1.46. The highest BCUT2D eigenvalue weighted by molar-refractivity contribution is 5.95. The van der Waals surface area contributed by atoms with Crippen LogP contribution < -0.4 is 4.74 Å². The van der Waals surface area contributed by atoms with E-state index in [9.17, 15) is 18.3 Å². The molecule has 2 aliphatic rings. The number of phenols is 1. The van der Waals surface area contributed by atoms with Crippen LogP contribution in [-0.2, 0) is 0 Å². The maximum Gasteiger partial charge on any atom is 0.150 e. The fourth-order valence-corrected chi connectivity index (χ4v) is 4.66. The molecular formula is C29H24F3NO2. The Bertz CT molecular complexity index is 1330. The number of rotatable bonds is 4. The minimum atomic E-state index is -0.666. The molecule has 0 spiro atoms. The van der Waals surface area contributed by atoms with Gasteiger partial charge in [-0.3, -0.25) is 9.29 Å². The third kappa shape index (κ3) is 4.78. The maximum absolute atomic E-state index is 14.1. The molecule has 0 bridgehead atoms. The standard InChI is InChI=1S/C29H24F3NO2/c1-18-26-9-8-25(34)14-27(26)35-29(28(18)22-11-23(31)13-24(32)12-22)21-6-4-19(5-7-21)3-2-10-33-16-20(15-30)17-33/h4-9,11-14,20,29,34H,10,15-17H2,1H3. The van der Waals surface area contributed by atoms with Crippen molar-refractivity contribution in [2.24, 2.45) is 5.92 Å². The Kier molecular flexibility index (Phi) is 6.27. The first-order valence-corrected chi connectivity index (χ1v) is 11.5. The zero-order chi connectivity index (χ0) is 24.5. The van der Waals surface area contributed by atoms with Crippen LogP contribution >= 0.6 is 0 Å². The van der Waals surface area contributed by atoms with Gasteiger partial charge in [0.1, 0.15) is 29.2 Å². The summed E-state index contributed by atoms with van der Waals surface area (Å²) < 4.78 is 47.1. The van der Waals surface area contributed by atoms with Gasteiger partial charge >= 0.3 is 0 Å². The van der Waals surface area contributed by atoms with E-state index in [1.165, 1.54) is 18.2 Å². The second kappa shape index (κ2) is 9.52. The van der Waals surface area contributed by atoms with Crippen LogP contribution in [0.1, 0.15) is 35.3 Å². The van der Waals surface area contributed by atoms with Crippen LogP contribution in [0.15, 0.2) is 60.7 Å². The summed E-state index contributed by atoms with van der Waals surface area (Å²) in [6.45, 7) is 3.69. The minimum Gasteiger partial charge on any atom is -0.508 e. The molecule has 35 heavy (non-hydrogen) atoms. The number of ether oxygens (including phenoxy) is 1. The minimum absolute atomic E-state index is 0.0706. The van der Waals surface area contributed by atoms with Crippen molar-refractivity contribution in [1.29, 1.82) is 0 Å². The second-order valence-corrected chi connectivity index (χ2v) is 9.01. The Morgan fingerprint density at radius 2 is 1.71 bits per heavy atom. The number of phenolic OH excluding ortho intramolecular Hbond substituents is 1. The van der Waals surface area contributed by atoms with Crippen molar-refractivity contribution in [1.82, 2.24) is 4.90 Å². The summed E-state index contributed by atoms with van der Waals surface area (Å²) >= 11 is 0. The molecule has 2 heterocycles. The van der Waals surface area contributed by atoms with Crippen molar-refractivity contribution >= 4 is 11.1 Å². The summed E-state index contributed by atoms with van der Waals surface area (Å²) in [4.78, 5) is 2.10. The van der Waals surface area contributed by atoms with E-state index in [4.69, 9.17) is 4.74 Å². The summed E-state index contributed by atoms with van der Waals surface area (Å²) in [6, 6.07) is 15.8. The molecule has 0 radical (unpaired) electrons. The molecule has 3 nitrogen and oxygen atoms in total. The smallest absolute Gasteiger partial charge is 0.150 e. The van der Waals surface area contributed by atoms with Crippen LogP contribution in [0.25, 0.3) is 11.1 Å². The molecule has 0 aliphatic carbocycles. The van der Waals surface area contributed by atoms with E-state index in [1.807, 2.05) is 31.2 Å². The topological polar surface area (TPSA) is 32.7 Å². The van der Waals surface area contributed by atoms with Crippen LogP contribution in [0, 0.1) is 29.4 Å². The first-order valence-electron chi connectivity index (χ1n) is 11.5. The Hall–Kier alpha value is -3.69. The van der Waals surface area contributed by atoms with Gasteiger partial charge in [-0.05, 0) is 60.0 Å². The van der Waals surface area contributed by atoms with Crippen LogP contribution in [-0.4, -0.2) is 36.3 Å². The highest BCUT2D eigenvalue weighted by Crippen LogP contribution is 2.47. The van der Waals surface area contributed by atoms with Gasteiger partial charge in [-0.25, -0.2) is 8.78 Å². The van der Waals surface area contributed by atoms with Crippen LogP contribution in [0.2, 0.25) is 0 Å². The van der Waals surface area contributed by atoms with Crippen LogP contribution in [0.3, 0.4) is 0 Å². The monoisotopic (exact) mass is 475 g/mol. The predicted molar refractivity (Wildman–Crippen MR) is 130 cm³/mol. The molecule has 1 N–H and O–H groups in total. The van der Waals surface area contributed by atoms with Gasteiger partial charge in [0.15, 0.2) is 0 Å². The highest BCUT2D eigenvalue weighted by Gasteiger charge is 2.30. The number of fused-ring (bicyclic) bond motifs is 1. The van der Waals surface area contributed by atoms with Crippen molar-refractivity contribution in [3.05, 3.63) is 94.6 Å². The van der Waals surface area contributed by atoms with E-state index in [0.717, 1.165) is 41.4 Å². The van der Waals surface area contributed by atoms with Gasteiger partial charge in [0, 0.05) is 47.8 Å². The van der Waals surface area contributed by atoms with E-state index in [-0.39, 0.29) is 18.3 Å². The van der Waals surface area contributed by atoms with Gasteiger partial charge in [0.2, 0.25) is 0 Å². The van der Waals surface area contributed by atoms with Gasteiger partial charge in [0.25, 0.3) is 0 Å². The molecule has 1 unspecified atom stereocenters. The molecule has 1 fully saturated rings. The van der Waals surface area contributed by atoms with Gasteiger partial charge < -0.3 is 9.84 Å². The van der Waals surface area contributed by atoms with Crippen LogP contribution in [0.4, 0.5) is 13.2 Å². The molecule has 5 rings (SSSR count). The summed E-state index contributed by atoms with van der Waals surface area (Å²) in [6.07, 6.45) is -0.633. The summed E-state index contributed by atoms with van der Waals surface area (Å²) in [5.74, 6) is 5.62. The summed E-state index contributed by atoms with van der Waals surface area (Å²) in [5, 5.41) is 9.96. The van der Waals surface area contributed by atoms with E-state index in [1.54, 1.807) is 12.1 Å². The number of nitrogens with zero attached hydrogens (tertiary/aromatic N) is 1. The van der Waals surface area contributed by atoms with E-state index in [2.05, 4.69) is 16.7 Å². The fourth-order valence-electron chi connectivity index (χ4n) is 4.66. The lowest BCUT2D eigenvalue weighted by Gasteiger charge is -2.36. The average Bonchev–Trinajstić information content (AvgIpc) is 2.80. The lowest BCUT2D eigenvalue weighted by molar-refractivity contribution is 0.0959. The van der Waals surface area contributed by atoms with Crippen molar-refractivity contribution < 1.29 is 23.0 Å². The predicted octanol–water partition coefficient (Wildman–Crippen LogP) is 5.99. The summed E-state index contributed by atoms with van der Waals surface area (Å²) in [5.41, 5.74) is 4.23. The van der Waals surface area contributed by atoms with Gasteiger partial charge in [-0.2, -0.15) is 0 Å². The van der Waals surface area contributed by atoms with Crippen molar-refractivity contribution in [3.63, 3.8) is 0 Å². The average molecular weight is 476 g/mol. The SMILES string of the molecule is CC1=C(c2cc(F)cc(F)c2)C(c2ccc(C#CCN3CC(CF)C3)cc2)Oc2cc(O)ccc21. The number of benzene rings is 3. The lowest BCUT2D eigenvalue weighted by atomic mass is 9.86. The van der Waals surface area contributed by atoms with E-state index >= 15 is 0 Å². The van der Waals surface area contributed by atoms with Gasteiger partial charge in [0.05, 0.1) is 13.2 Å². The molecule has 3 aromatic carbocycles. The largest absolute Gasteiger partial charge is 0.508 e. The first kappa shape index (κ1) is 23.1. The second-order valence-electron chi connectivity index (χ2n) is 9.01. The quantitative estimate of drug-likeness (QED) is 0.471. The first-order chi connectivity index (χ1) is 16.9. The van der Waals surface area contributed by atoms with Crippen molar-refractivity contribution in [3.8, 4) is 23.3 Å². The third-order valence-electron chi connectivity index (χ3n) is 6.45. The maximum atomic E-state index is 14.1. The molecule has 178 valence electrons. The molecule has 2 aliphatic heterocycles. The number of hydrogen-bond donors (Lipinski definition) is 1. The molecule has 3 aromatic rings. The lowest BCUT2D eigenvalue weighted by Crippen LogP contribution is -2.47. The van der Waals surface area contributed by atoms with Crippen LogP contribution in [0.5, 0.6) is 11.5 Å². The third-order valence-corrected chi connectivity index (χ3v) is 6.45. The van der Waals surface area contributed by atoms with E-state index < -0.39 is 17.7 Å². The molecule has 6 heteroatoms. The number of alkyl halides is 1. The summed E-state index contributed by atoms with van der Waals surface area (Å²) in [7, 11) is 0. The molecule has 0 amide bonds. The normalized spacial score (nSPS) is 17.8. The van der Waals surface area contributed by atoms with Crippen molar-refractivity contribution in [2.45, 2.75) is 13.0 Å². The van der Waals surface area contributed by atoms with Gasteiger partial charge in [-0.1, -0.05) is 24.0 Å². The zero-order valence-electron chi connectivity index (χ0n) is 19.2. The fraction of sp³-hybridized carbons (Fsp3) is 0.241. The van der Waals surface area contributed by atoms with E-state index in [0.29, 0.717) is 23.4 Å². The molecule has 0 aromatic heterocycles. The number of halogens is 3.